The van der Waals surface area contributed by atoms with Gasteiger partial charge < -0.3 is 5.32 Å². The molecule has 0 aliphatic heterocycles. The van der Waals surface area contributed by atoms with Gasteiger partial charge in [0.25, 0.3) is 0 Å². The third kappa shape index (κ3) is 4.87. The van der Waals surface area contributed by atoms with Gasteiger partial charge in [0, 0.05) is 11.3 Å². The predicted molar refractivity (Wildman–Crippen MR) is 119 cm³/mol. The number of thioether (sulfide) groups is 1. The van der Waals surface area contributed by atoms with Crippen LogP contribution in [0.5, 0.6) is 0 Å². The van der Waals surface area contributed by atoms with Gasteiger partial charge >= 0.3 is 0 Å². The second-order valence-electron chi connectivity index (χ2n) is 6.74. The van der Waals surface area contributed by atoms with E-state index < -0.39 is 5.25 Å². The van der Waals surface area contributed by atoms with Crippen LogP contribution in [0.25, 0.3) is 5.69 Å². The van der Waals surface area contributed by atoms with Crippen LogP contribution in [-0.2, 0) is 4.79 Å². The molecule has 1 amide bonds. The number of benzene rings is 3. The number of nitrogens with zero attached hydrogens (tertiary/aromatic N) is 4. The number of ketones is 1. The van der Waals surface area contributed by atoms with Gasteiger partial charge in [-0.3, -0.25) is 9.59 Å². The number of rotatable bonds is 7. The Hall–Kier alpha value is -3.78. The van der Waals surface area contributed by atoms with Crippen molar-refractivity contribution in [3.8, 4) is 5.69 Å². The Morgan fingerprint density at radius 2 is 1.65 bits per heavy atom. The van der Waals surface area contributed by atoms with E-state index in [2.05, 4.69) is 20.8 Å². The van der Waals surface area contributed by atoms with E-state index in [1.54, 1.807) is 28.9 Å². The highest BCUT2D eigenvalue weighted by Gasteiger charge is 2.25. The lowest BCUT2D eigenvalue weighted by atomic mass is 10.1. The smallest absolute Gasteiger partial charge is 0.242 e. The number of para-hydroxylation sites is 1. The highest BCUT2D eigenvalue weighted by Crippen LogP contribution is 2.35. The average molecular weight is 430 g/mol. The Balaban J connectivity index is 1.64. The van der Waals surface area contributed by atoms with E-state index in [0.29, 0.717) is 16.4 Å². The maximum absolute atomic E-state index is 13.3. The monoisotopic (exact) mass is 429 g/mol. The minimum absolute atomic E-state index is 0.0629. The Morgan fingerprint density at radius 3 is 2.35 bits per heavy atom. The number of nitrogens with one attached hydrogen (secondary N) is 1. The van der Waals surface area contributed by atoms with Crippen molar-refractivity contribution in [2.24, 2.45) is 0 Å². The zero-order valence-corrected chi connectivity index (χ0v) is 17.5. The summed E-state index contributed by atoms with van der Waals surface area (Å²) in [5.41, 5.74) is 2.71. The number of hydrogen-bond donors (Lipinski definition) is 1. The molecule has 4 aromatic rings. The quantitative estimate of drug-likeness (QED) is 0.347. The minimum atomic E-state index is -0.601. The molecule has 1 N–H and O–H groups in total. The third-order valence-corrected chi connectivity index (χ3v) is 5.73. The number of carbonyl (C=O) groups excluding carboxylic acids is 2. The number of tetrazole rings is 1. The van der Waals surface area contributed by atoms with Gasteiger partial charge in [-0.15, -0.1) is 5.10 Å². The number of anilines is 1. The molecular formula is C23H19N5O2S. The predicted octanol–water partition coefficient (Wildman–Crippen LogP) is 4.34. The lowest BCUT2D eigenvalue weighted by molar-refractivity contribution is -0.115. The minimum Gasteiger partial charge on any atom is -0.325 e. The van der Waals surface area contributed by atoms with E-state index in [1.165, 1.54) is 18.7 Å². The summed E-state index contributed by atoms with van der Waals surface area (Å²) < 4.78 is 1.60. The first kappa shape index (κ1) is 20.5. The van der Waals surface area contributed by atoms with Crippen LogP contribution >= 0.6 is 11.8 Å². The molecule has 0 saturated heterocycles. The molecule has 0 bridgehead atoms. The molecule has 31 heavy (non-hydrogen) atoms. The summed E-state index contributed by atoms with van der Waals surface area (Å²) in [6, 6.07) is 25.8. The Kier molecular flexibility index (Phi) is 6.18. The summed E-state index contributed by atoms with van der Waals surface area (Å²) in [5.74, 6) is -0.299. The largest absolute Gasteiger partial charge is 0.325 e. The summed E-state index contributed by atoms with van der Waals surface area (Å²) in [6.45, 7) is 1.49. The van der Waals surface area contributed by atoms with Gasteiger partial charge in [-0.2, -0.15) is 4.68 Å². The summed E-state index contributed by atoms with van der Waals surface area (Å²) in [6.07, 6.45) is 0. The Morgan fingerprint density at radius 1 is 0.935 bits per heavy atom. The topological polar surface area (TPSA) is 89.8 Å². The molecule has 0 fully saturated rings. The fraction of sp³-hybridized carbons (Fsp3) is 0.0870. The molecule has 0 spiro atoms. The van der Waals surface area contributed by atoms with E-state index in [0.717, 1.165) is 11.3 Å². The fourth-order valence-corrected chi connectivity index (χ4v) is 4.01. The van der Waals surface area contributed by atoms with Gasteiger partial charge in [-0.05, 0) is 47.2 Å². The van der Waals surface area contributed by atoms with Crippen LogP contribution in [0.1, 0.15) is 28.1 Å². The molecule has 3 aromatic carbocycles. The molecule has 0 radical (unpaired) electrons. The zero-order chi connectivity index (χ0) is 21.6. The summed E-state index contributed by atoms with van der Waals surface area (Å²) in [7, 11) is 0. The van der Waals surface area contributed by atoms with Gasteiger partial charge in [-0.25, -0.2) is 0 Å². The van der Waals surface area contributed by atoms with Crippen LogP contribution in [0.15, 0.2) is 90.1 Å². The molecule has 1 heterocycles. The molecule has 7 nitrogen and oxygen atoms in total. The molecule has 0 unspecified atom stereocenters. The highest BCUT2D eigenvalue weighted by molar-refractivity contribution is 8.00. The van der Waals surface area contributed by atoms with Crippen molar-refractivity contribution in [3.05, 3.63) is 96.1 Å². The standard InChI is InChI=1S/C23H19N5O2S/c1-16(29)18-11-8-12-19(15-18)24-22(30)21(17-9-4-2-5-10-17)31-23-25-26-27-28(23)20-13-6-3-7-14-20/h2-15,21H,1H3,(H,24,30)/t21-/m1/s1. The summed E-state index contributed by atoms with van der Waals surface area (Å²) in [5, 5.41) is 14.8. The van der Waals surface area contributed by atoms with Crippen LogP contribution in [-0.4, -0.2) is 31.9 Å². The molecule has 8 heteroatoms. The van der Waals surface area contributed by atoms with Gasteiger partial charge in [0.15, 0.2) is 5.78 Å². The Bertz CT molecular complexity index is 1190. The van der Waals surface area contributed by atoms with E-state index in [-0.39, 0.29) is 11.7 Å². The first-order valence-electron chi connectivity index (χ1n) is 9.59. The van der Waals surface area contributed by atoms with Crippen LogP contribution in [0.2, 0.25) is 0 Å². The van der Waals surface area contributed by atoms with E-state index in [9.17, 15) is 9.59 Å². The van der Waals surface area contributed by atoms with Gasteiger partial charge in [0.1, 0.15) is 5.25 Å². The normalized spacial score (nSPS) is 11.6. The van der Waals surface area contributed by atoms with Crippen LogP contribution < -0.4 is 5.32 Å². The maximum atomic E-state index is 13.3. The van der Waals surface area contributed by atoms with Gasteiger partial charge in [0.05, 0.1) is 5.69 Å². The number of amides is 1. The molecule has 4 rings (SSSR count). The van der Waals surface area contributed by atoms with Crippen molar-refractivity contribution in [1.29, 1.82) is 0 Å². The lowest BCUT2D eigenvalue weighted by Gasteiger charge is -2.17. The van der Waals surface area contributed by atoms with Crippen molar-refractivity contribution < 1.29 is 9.59 Å². The second kappa shape index (κ2) is 9.36. The molecule has 0 saturated carbocycles. The zero-order valence-electron chi connectivity index (χ0n) is 16.7. The number of Topliss-reactive ketones (excluding diaryl/α,β-unsaturated/α-hetero) is 1. The number of aromatic nitrogens is 4. The first-order chi connectivity index (χ1) is 15.1. The molecule has 1 aromatic heterocycles. The third-order valence-electron chi connectivity index (χ3n) is 4.54. The van der Waals surface area contributed by atoms with Crippen LogP contribution in [0, 0.1) is 0 Å². The molecule has 1 atom stereocenters. The molecule has 154 valence electrons. The van der Waals surface area contributed by atoms with E-state index in [4.69, 9.17) is 0 Å². The highest BCUT2D eigenvalue weighted by atomic mass is 32.2. The van der Waals surface area contributed by atoms with Crippen molar-refractivity contribution in [2.45, 2.75) is 17.3 Å². The van der Waals surface area contributed by atoms with Gasteiger partial charge in [-0.1, -0.05) is 72.4 Å². The molecule has 0 aliphatic rings. The van der Waals surface area contributed by atoms with Gasteiger partial charge in [0.2, 0.25) is 11.1 Å². The van der Waals surface area contributed by atoms with Crippen molar-refractivity contribution in [2.75, 3.05) is 5.32 Å². The van der Waals surface area contributed by atoms with Crippen molar-refractivity contribution in [1.82, 2.24) is 20.2 Å². The van der Waals surface area contributed by atoms with Crippen LogP contribution in [0.4, 0.5) is 5.69 Å². The number of carbonyl (C=O) groups is 2. The number of hydrogen-bond acceptors (Lipinski definition) is 6. The molecular weight excluding hydrogens is 410 g/mol. The summed E-state index contributed by atoms with van der Waals surface area (Å²) in [4.78, 5) is 25.0. The second-order valence-corrected chi connectivity index (χ2v) is 7.82. The average Bonchev–Trinajstić information content (AvgIpc) is 3.27. The first-order valence-corrected chi connectivity index (χ1v) is 10.5. The maximum Gasteiger partial charge on any atom is 0.242 e. The fourth-order valence-electron chi connectivity index (χ4n) is 3.01. The SMILES string of the molecule is CC(=O)c1cccc(NC(=O)[C@H](Sc2nnnn2-c2ccccc2)c2ccccc2)c1. The molecule has 0 aliphatic carbocycles. The van der Waals surface area contributed by atoms with E-state index in [1.807, 2.05) is 60.7 Å². The van der Waals surface area contributed by atoms with Crippen molar-refractivity contribution >= 4 is 29.1 Å². The van der Waals surface area contributed by atoms with E-state index >= 15 is 0 Å². The van der Waals surface area contributed by atoms with Crippen molar-refractivity contribution in [3.63, 3.8) is 0 Å². The summed E-state index contributed by atoms with van der Waals surface area (Å²) >= 11 is 1.26. The lowest BCUT2D eigenvalue weighted by Crippen LogP contribution is -2.19. The Labute approximate surface area is 183 Å². The van der Waals surface area contributed by atoms with Crippen LogP contribution in [0.3, 0.4) is 0 Å².